The van der Waals surface area contributed by atoms with Gasteiger partial charge in [0, 0.05) is 19.3 Å². The molecule has 0 bridgehead atoms. The smallest absolute Gasteiger partial charge is 0.306 e. The molecule has 0 rings (SSSR count). The summed E-state index contributed by atoms with van der Waals surface area (Å²) in [6.45, 7) is 6.45. The van der Waals surface area contributed by atoms with Gasteiger partial charge in [-0.1, -0.05) is 276 Å². The standard InChI is InChI=1S/C75H122O6/c1-4-7-10-13-16-19-22-25-28-31-32-33-34-35-36-37-38-39-40-41-42-45-47-50-53-56-59-62-65-68-74(77)80-71-72(81-75(78)69-66-63-60-57-54-51-48-44-30-27-24-21-18-15-12-9-6-3)70-79-73(76)67-64-61-58-55-52-49-46-43-29-26-23-20-17-14-11-8-5-2/h7,10,16,18-19,21,25-30,32-33,35-36,38-39,41-42,47,50,56,59,72H,4-6,8-9,11-15,17,20,22-24,31,34,37,40,43-46,48-49,51-55,57-58,60-71H2,1-3H3/b10-7-,19-16-,21-18-,28-25-,29-26-,30-27-,33-32-,36-35-,39-38-,42-41-,50-47-,59-56-. The van der Waals surface area contributed by atoms with Crippen molar-refractivity contribution in [1.82, 2.24) is 0 Å². The van der Waals surface area contributed by atoms with Crippen LogP contribution in [-0.4, -0.2) is 37.2 Å². The van der Waals surface area contributed by atoms with E-state index >= 15 is 0 Å². The van der Waals surface area contributed by atoms with Crippen LogP contribution < -0.4 is 0 Å². The van der Waals surface area contributed by atoms with Gasteiger partial charge in [-0.2, -0.15) is 0 Å². The molecule has 0 fully saturated rings. The lowest BCUT2D eigenvalue weighted by molar-refractivity contribution is -0.167. The molecule has 6 nitrogen and oxygen atoms in total. The van der Waals surface area contributed by atoms with E-state index in [0.29, 0.717) is 19.3 Å². The summed E-state index contributed by atoms with van der Waals surface area (Å²) in [7, 11) is 0. The summed E-state index contributed by atoms with van der Waals surface area (Å²) in [5, 5.41) is 0. The number of ether oxygens (including phenoxy) is 3. The number of allylic oxidation sites excluding steroid dienone is 24. The molecule has 0 saturated heterocycles. The van der Waals surface area contributed by atoms with Crippen LogP contribution in [0.1, 0.15) is 290 Å². The second kappa shape index (κ2) is 67.8. The molecule has 0 amide bonds. The van der Waals surface area contributed by atoms with Crippen molar-refractivity contribution in [3.63, 3.8) is 0 Å². The molecule has 81 heavy (non-hydrogen) atoms. The first kappa shape index (κ1) is 76.3. The molecule has 0 aliphatic rings. The van der Waals surface area contributed by atoms with Crippen LogP contribution in [0.4, 0.5) is 0 Å². The van der Waals surface area contributed by atoms with Gasteiger partial charge in [0.05, 0.1) is 0 Å². The van der Waals surface area contributed by atoms with Gasteiger partial charge < -0.3 is 14.2 Å². The maximum Gasteiger partial charge on any atom is 0.306 e. The summed E-state index contributed by atoms with van der Waals surface area (Å²) in [4.78, 5) is 38.4. The van der Waals surface area contributed by atoms with Gasteiger partial charge in [0.15, 0.2) is 6.10 Å². The molecule has 0 aliphatic carbocycles. The Labute approximate surface area is 499 Å². The van der Waals surface area contributed by atoms with Crippen molar-refractivity contribution < 1.29 is 28.6 Å². The molecule has 0 saturated carbocycles. The fraction of sp³-hybridized carbons (Fsp3) is 0.640. The molecule has 6 heteroatoms. The fourth-order valence-corrected chi connectivity index (χ4v) is 8.82. The zero-order valence-electron chi connectivity index (χ0n) is 52.5. The molecule has 0 spiro atoms. The van der Waals surface area contributed by atoms with Crippen LogP contribution in [0.2, 0.25) is 0 Å². The van der Waals surface area contributed by atoms with Crippen molar-refractivity contribution in [3.8, 4) is 0 Å². The number of carbonyl (C=O) groups is 3. The third-order valence-corrected chi connectivity index (χ3v) is 13.8. The van der Waals surface area contributed by atoms with Gasteiger partial charge in [0.1, 0.15) is 13.2 Å². The Kier molecular flexibility index (Phi) is 63.9. The number of unbranched alkanes of at least 4 members (excludes halogenated alkanes) is 24. The summed E-state index contributed by atoms with van der Waals surface area (Å²) >= 11 is 0. The molecule has 1 unspecified atom stereocenters. The number of esters is 3. The molecule has 0 aromatic carbocycles. The van der Waals surface area contributed by atoms with E-state index in [-0.39, 0.29) is 37.5 Å². The zero-order chi connectivity index (χ0) is 58.5. The minimum Gasteiger partial charge on any atom is -0.462 e. The van der Waals surface area contributed by atoms with E-state index in [4.69, 9.17) is 14.2 Å². The van der Waals surface area contributed by atoms with Crippen molar-refractivity contribution >= 4 is 17.9 Å². The van der Waals surface area contributed by atoms with Crippen molar-refractivity contribution in [2.45, 2.75) is 297 Å². The van der Waals surface area contributed by atoms with Crippen LogP contribution in [0.5, 0.6) is 0 Å². The summed E-state index contributed by atoms with van der Waals surface area (Å²) in [5.74, 6) is -0.978. The van der Waals surface area contributed by atoms with Crippen LogP contribution in [0.3, 0.4) is 0 Å². The first-order valence-electron chi connectivity index (χ1n) is 33.3. The van der Waals surface area contributed by atoms with E-state index in [1.165, 1.54) is 128 Å². The highest BCUT2D eigenvalue weighted by molar-refractivity contribution is 5.71. The van der Waals surface area contributed by atoms with Crippen molar-refractivity contribution in [3.05, 3.63) is 146 Å². The number of hydrogen-bond donors (Lipinski definition) is 0. The second-order valence-electron chi connectivity index (χ2n) is 21.6. The highest BCUT2D eigenvalue weighted by atomic mass is 16.6. The van der Waals surface area contributed by atoms with Crippen LogP contribution in [0, 0.1) is 0 Å². The van der Waals surface area contributed by atoms with E-state index in [0.717, 1.165) is 116 Å². The molecular weight excluding hydrogens is 997 g/mol. The summed E-state index contributed by atoms with van der Waals surface area (Å²) in [5.41, 5.74) is 0. The molecule has 1 atom stereocenters. The minimum absolute atomic E-state index is 0.105. The van der Waals surface area contributed by atoms with Gasteiger partial charge in [-0.25, -0.2) is 0 Å². The molecule has 0 aromatic rings. The maximum absolute atomic E-state index is 12.9. The van der Waals surface area contributed by atoms with Crippen LogP contribution in [-0.2, 0) is 28.6 Å². The highest BCUT2D eigenvalue weighted by Crippen LogP contribution is 2.15. The Bertz CT molecular complexity index is 1760. The van der Waals surface area contributed by atoms with Gasteiger partial charge in [0.25, 0.3) is 0 Å². The Morgan fingerprint density at radius 2 is 0.494 bits per heavy atom. The van der Waals surface area contributed by atoms with E-state index in [9.17, 15) is 14.4 Å². The Morgan fingerprint density at radius 3 is 0.840 bits per heavy atom. The normalized spacial score (nSPS) is 13.1. The zero-order valence-corrected chi connectivity index (χ0v) is 52.5. The Hall–Kier alpha value is -4.71. The second-order valence-corrected chi connectivity index (χ2v) is 21.6. The third kappa shape index (κ3) is 66.0. The SMILES string of the molecule is CC/C=C\C/C=C\C/C=C\C/C=C\C/C=C\C/C=C\C/C=C\C/C=C\C/C=C\CCCC(=O)OCC(COC(=O)CCCCCCCCC/C=C\CCCCCCCC)OC(=O)CCCCCCCCC/C=C\C/C=C\CCCCC. The first-order chi connectivity index (χ1) is 40.0. The quantitative estimate of drug-likeness (QED) is 0.0261. The van der Waals surface area contributed by atoms with E-state index in [1.54, 1.807) is 0 Å². The Morgan fingerprint density at radius 1 is 0.259 bits per heavy atom. The third-order valence-electron chi connectivity index (χ3n) is 13.8. The molecule has 0 aromatic heterocycles. The van der Waals surface area contributed by atoms with Gasteiger partial charge >= 0.3 is 17.9 Å². The lowest BCUT2D eigenvalue weighted by Gasteiger charge is -2.18. The van der Waals surface area contributed by atoms with E-state index in [1.807, 2.05) is 0 Å². The average molecular weight is 1120 g/mol. The molecule has 0 radical (unpaired) electrons. The number of carbonyl (C=O) groups excluding carboxylic acids is 3. The fourth-order valence-electron chi connectivity index (χ4n) is 8.82. The summed E-state index contributed by atoms with van der Waals surface area (Å²) < 4.78 is 16.9. The van der Waals surface area contributed by atoms with Crippen LogP contribution in [0.25, 0.3) is 0 Å². The van der Waals surface area contributed by atoms with Gasteiger partial charge in [-0.3, -0.25) is 14.4 Å². The predicted molar refractivity (Wildman–Crippen MR) is 352 cm³/mol. The number of hydrogen-bond acceptors (Lipinski definition) is 6. The van der Waals surface area contributed by atoms with E-state index < -0.39 is 6.10 Å². The average Bonchev–Trinajstić information content (AvgIpc) is 3.47. The van der Waals surface area contributed by atoms with Gasteiger partial charge in [-0.05, 0) is 141 Å². The monoisotopic (exact) mass is 1120 g/mol. The lowest BCUT2D eigenvalue weighted by Crippen LogP contribution is -2.30. The molecule has 0 N–H and O–H groups in total. The Balaban J connectivity index is 4.49. The van der Waals surface area contributed by atoms with Crippen LogP contribution >= 0.6 is 0 Å². The summed E-state index contributed by atoms with van der Waals surface area (Å²) in [6, 6.07) is 0. The highest BCUT2D eigenvalue weighted by Gasteiger charge is 2.19. The predicted octanol–water partition coefficient (Wildman–Crippen LogP) is 23.1. The minimum atomic E-state index is -0.815. The molecule has 0 aliphatic heterocycles. The summed E-state index contributed by atoms with van der Waals surface area (Å²) in [6.07, 6.45) is 97.1. The van der Waals surface area contributed by atoms with Crippen molar-refractivity contribution in [1.29, 1.82) is 0 Å². The topological polar surface area (TPSA) is 78.9 Å². The lowest BCUT2D eigenvalue weighted by atomic mass is 10.1. The van der Waals surface area contributed by atoms with Crippen molar-refractivity contribution in [2.75, 3.05) is 13.2 Å². The molecular formula is C75H122O6. The largest absolute Gasteiger partial charge is 0.462 e. The number of rotatable bonds is 59. The molecule has 0 heterocycles. The first-order valence-corrected chi connectivity index (χ1v) is 33.3. The van der Waals surface area contributed by atoms with Gasteiger partial charge in [-0.15, -0.1) is 0 Å². The molecule has 458 valence electrons. The van der Waals surface area contributed by atoms with Crippen LogP contribution in [0.15, 0.2) is 146 Å². The van der Waals surface area contributed by atoms with E-state index in [2.05, 4.69) is 167 Å². The maximum atomic E-state index is 12.9. The van der Waals surface area contributed by atoms with Gasteiger partial charge in [0.2, 0.25) is 0 Å². The van der Waals surface area contributed by atoms with Crippen molar-refractivity contribution in [2.24, 2.45) is 0 Å².